The van der Waals surface area contributed by atoms with E-state index in [0.29, 0.717) is 5.92 Å². The van der Waals surface area contributed by atoms with Crippen molar-refractivity contribution in [2.24, 2.45) is 16.7 Å². The van der Waals surface area contributed by atoms with Crippen molar-refractivity contribution in [1.29, 1.82) is 0 Å². The van der Waals surface area contributed by atoms with Crippen LogP contribution in [0, 0.1) is 29.7 Å². The van der Waals surface area contributed by atoms with Gasteiger partial charge in [0, 0.05) is 68.1 Å². The minimum Gasteiger partial charge on any atom is -0.512 e. The number of allylic oxidation sites excluding steroid dienone is 2. The molecule has 0 saturated carbocycles. The summed E-state index contributed by atoms with van der Waals surface area (Å²) >= 11 is 3.78. The molecule has 6 aromatic rings. The number of nitrogens with zero attached hydrogens (tertiary/aromatic N) is 1. The maximum absolute atomic E-state index is 12.2. The average Bonchev–Trinajstić information content (AvgIpc) is 3.73. The molecule has 0 fully saturated rings. The Morgan fingerprint density at radius 1 is 0.818 bits per heavy atom. The molecule has 1 radical (unpaired) electrons. The van der Waals surface area contributed by atoms with E-state index in [1.54, 1.807) is 0 Å². The standard InChI is InChI=1S/C34H32NS2.C15H28O2.Ir/c1-20(2)15-27-21(3)36-32-18-23(11-12-26(27)32)31-19-28-30(37-31)13-14-35-33(28)24-16-22-9-7-8-10-25(22)29(17-24)34(4,5)6;1-7-14(5,8-2)12(16)11-13(17)15(6,9-3)10-4;/h7-14,17-20H,15H2,1-6H3;11,16H,7-10H2,1-6H3;/q-1;;/b;12-11-;. The topological polar surface area (TPSA) is 50.2 Å². The quantitative estimate of drug-likeness (QED) is 0.0800. The first kappa shape index (κ1) is 44.6. The summed E-state index contributed by atoms with van der Waals surface area (Å²) in [6, 6.07) is 26.1. The van der Waals surface area contributed by atoms with Crippen LogP contribution in [0.3, 0.4) is 0 Å². The number of aliphatic hydroxyl groups excluding tert-OH is 1. The zero-order chi connectivity index (χ0) is 39.6. The van der Waals surface area contributed by atoms with Crippen molar-refractivity contribution in [3.8, 4) is 21.7 Å². The summed E-state index contributed by atoms with van der Waals surface area (Å²) in [6.45, 7) is 25.8. The first-order valence-corrected chi connectivity index (χ1v) is 21.4. The van der Waals surface area contributed by atoms with Crippen molar-refractivity contribution in [2.75, 3.05) is 0 Å². The van der Waals surface area contributed by atoms with Crippen molar-refractivity contribution < 1.29 is 30.0 Å². The molecule has 0 amide bonds. The number of aryl methyl sites for hydroxylation is 1. The number of carbonyl (C=O) groups is 1. The van der Waals surface area contributed by atoms with Gasteiger partial charge in [0.1, 0.15) is 5.76 Å². The smallest absolute Gasteiger partial charge is 0.164 e. The molecule has 1 N–H and O–H groups in total. The minimum absolute atomic E-state index is 0. The van der Waals surface area contributed by atoms with Crippen molar-refractivity contribution >= 4 is 59.4 Å². The summed E-state index contributed by atoms with van der Waals surface area (Å²) in [7, 11) is 0. The number of carbonyl (C=O) groups excluding carboxylic acids is 1. The summed E-state index contributed by atoms with van der Waals surface area (Å²) in [5.74, 6) is 0.948. The molecule has 0 aliphatic rings. The van der Waals surface area contributed by atoms with Crippen molar-refractivity contribution in [3.05, 3.63) is 101 Å². The van der Waals surface area contributed by atoms with Gasteiger partial charge in [0.2, 0.25) is 0 Å². The molecule has 295 valence electrons. The van der Waals surface area contributed by atoms with Gasteiger partial charge in [0.25, 0.3) is 0 Å². The van der Waals surface area contributed by atoms with E-state index in [0.717, 1.165) is 48.7 Å². The Labute approximate surface area is 352 Å². The molecule has 0 bridgehead atoms. The second-order valence-corrected chi connectivity index (χ2v) is 19.3. The van der Waals surface area contributed by atoms with Gasteiger partial charge in [0.05, 0.1) is 0 Å². The number of hydrogen-bond acceptors (Lipinski definition) is 5. The molecule has 0 spiro atoms. The molecule has 3 aromatic carbocycles. The Balaban J connectivity index is 0.000000320. The van der Waals surface area contributed by atoms with Crippen LogP contribution < -0.4 is 0 Å². The zero-order valence-corrected chi connectivity index (χ0v) is 39.0. The number of rotatable bonds is 11. The fourth-order valence-corrected chi connectivity index (χ4v) is 9.26. The molecule has 0 aliphatic heterocycles. The van der Waals surface area contributed by atoms with Crippen LogP contribution in [0.5, 0.6) is 0 Å². The molecule has 3 heterocycles. The molecule has 0 unspecified atom stereocenters. The van der Waals surface area contributed by atoms with Crippen molar-refractivity contribution in [1.82, 2.24) is 4.98 Å². The van der Waals surface area contributed by atoms with Gasteiger partial charge in [-0.3, -0.25) is 9.78 Å². The second kappa shape index (κ2) is 18.0. The Morgan fingerprint density at radius 2 is 1.47 bits per heavy atom. The van der Waals surface area contributed by atoms with Crippen LogP contribution in [0.15, 0.2) is 78.7 Å². The van der Waals surface area contributed by atoms with Gasteiger partial charge in [-0.1, -0.05) is 117 Å². The molecule has 6 heteroatoms. The third-order valence-electron chi connectivity index (χ3n) is 11.8. The van der Waals surface area contributed by atoms with E-state index in [2.05, 4.69) is 108 Å². The molecule has 6 rings (SSSR count). The number of hydrogen-bond donors (Lipinski definition) is 1. The number of pyridine rings is 1. The van der Waals surface area contributed by atoms with E-state index in [4.69, 9.17) is 4.98 Å². The van der Waals surface area contributed by atoms with Crippen LogP contribution in [0.4, 0.5) is 0 Å². The normalized spacial score (nSPS) is 12.6. The molecular weight excluding hydrogens is 891 g/mol. The van der Waals surface area contributed by atoms with E-state index < -0.39 is 0 Å². The maximum Gasteiger partial charge on any atom is 0.164 e. The molecule has 3 aromatic heterocycles. The van der Waals surface area contributed by atoms with Crippen LogP contribution in [-0.4, -0.2) is 15.9 Å². The summed E-state index contributed by atoms with van der Waals surface area (Å²) in [5, 5.41) is 15.2. The van der Waals surface area contributed by atoms with E-state index in [9.17, 15) is 9.90 Å². The van der Waals surface area contributed by atoms with Gasteiger partial charge < -0.3 is 5.11 Å². The van der Waals surface area contributed by atoms with Gasteiger partial charge >= 0.3 is 0 Å². The number of aromatic nitrogens is 1. The molecular formula is C49H60IrNO2S2-. The maximum atomic E-state index is 12.2. The number of benzene rings is 3. The molecule has 0 atom stereocenters. The Bertz CT molecular complexity index is 2290. The van der Waals surface area contributed by atoms with E-state index in [-0.39, 0.29) is 47.9 Å². The van der Waals surface area contributed by atoms with E-state index >= 15 is 0 Å². The van der Waals surface area contributed by atoms with Crippen LogP contribution >= 0.6 is 22.7 Å². The molecule has 0 aliphatic carbocycles. The van der Waals surface area contributed by atoms with Gasteiger partial charge in [-0.05, 0) is 90.5 Å². The van der Waals surface area contributed by atoms with Crippen LogP contribution in [-0.2, 0) is 36.7 Å². The summed E-state index contributed by atoms with van der Waals surface area (Å²) in [5.41, 5.74) is 5.65. The van der Waals surface area contributed by atoms with Crippen LogP contribution in [0.25, 0.3) is 52.6 Å². The van der Waals surface area contributed by atoms with Crippen LogP contribution in [0.2, 0.25) is 0 Å². The van der Waals surface area contributed by atoms with Crippen molar-refractivity contribution in [3.63, 3.8) is 0 Å². The Morgan fingerprint density at radius 3 is 2.09 bits per heavy atom. The molecule has 0 saturated heterocycles. The second-order valence-electron chi connectivity index (χ2n) is 16.9. The van der Waals surface area contributed by atoms with Crippen LogP contribution in [0.1, 0.15) is 118 Å². The van der Waals surface area contributed by atoms with Gasteiger partial charge in [0.15, 0.2) is 5.78 Å². The van der Waals surface area contributed by atoms with Gasteiger partial charge in [-0.15, -0.1) is 51.8 Å². The van der Waals surface area contributed by atoms with Gasteiger partial charge in [-0.25, -0.2) is 0 Å². The van der Waals surface area contributed by atoms with E-state index in [1.807, 2.05) is 70.4 Å². The first-order chi connectivity index (χ1) is 25.5. The summed E-state index contributed by atoms with van der Waals surface area (Å²) < 4.78 is 2.65. The third kappa shape index (κ3) is 9.53. The summed E-state index contributed by atoms with van der Waals surface area (Å²) in [6.07, 6.45) is 7.84. The number of aliphatic hydroxyl groups is 1. The van der Waals surface area contributed by atoms with Gasteiger partial charge in [-0.2, -0.15) is 0 Å². The Kier molecular flexibility index (Phi) is 14.6. The monoisotopic (exact) mass is 951 g/mol. The zero-order valence-electron chi connectivity index (χ0n) is 35.0. The number of ketones is 1. The van der Waals surface area contributed by atoms with E-state index in [1.165, 1.54) is 58.1 Å². The predicted octanol–water partition coefficient (Wildman–Crippen LogP) is 15.3. The average molecular weight is 951 g/mol. The summed E-state index contributed by atoms with van der Waals surface area (Å²) in [4.78, 5) is 19.8. The van der Waals surface area contributed by atoms with Crippen molar-refractivity contribution in [2.45, 2.75) is 121 Å². The number of thiophene rings is 2. The molecule has 3 nitrogen and oxygen atoms in total. The largest absolute Gasteiger partial charge is 0.512 e. The first-order valence-electron chi connectivity index (χ1n) is 19.8. The minimum atomic E-state index is -0.337. The number of fused-ring (bicyclic) bond motifs is 3. The fourth-order valence-electron chi connectivity index (χ4n) is 7.07. The predicted molar refractivity (Wildman–Crippen MR) is 237 cm³/mol. The fraction of sp³-hybridized carbons (Fsp3) is 0.429. The third-order valence-corrected chi connectivity index (χ3v) is 14.0. The Hall–Kier alpha value is -3.15. The molecule has 55 heavy (non-hydrogen) atoms. The SMILES string of the molecule is CCC(C)(CC)C(=O)/C=C(\O)C(C)(CC)CC.Cc1sc2cc(-c3cc4c(-c5[c-]c6ccccc6c(C(C)(C)C)c5)nccc4s3)ccc2c1CC(C)C.[Ir].